The van der Waals surface area contributed by atoms with Crippen molar-refractivity contribution in [3.63, 3.8) is 0 Å². The van der Waals surface area contributed by atoms with Crippen LogP contribution in [0, 0.1) is 6.92 Å². The van der Waals surface area contributed by atoms with Crippen molar-refractivity contribution in [1.82, 2.24) is 19.9 Å². The average Bonchev–Trinajstić information content (AvgIpc) is 3.41. The quantitative estimate of drug-likeness (QED) is 0.395. The molecule has 8 heteroatoms. The number of aryl methyl sites for hydroxylation is 1. The fourth-order valence-corrected chi connectivity index (χ4v) is 3.67. The van der Waals surface area contributed by atoms with Crippen LogP contribution in [0.4, 0.5) is 5.82 Å². The molecule has 2 aromatic carbocycles. The van der Waals surface area contributed by atoms with Gasteiger partial charge in [0.05, 0.1) is 35.1 Å². The van der Waals surface area contributed by atoms with Crippen molar-refractivity contribution in [3.05, 3.63) is 94.8 Å². The van der Waals surface area contributed by atoms with E-state index in [2.05, 4.69) is 20.6 Å². The number of pyridine rings is 1. The van der Waals surface area contributed by atoms with Crippen LogP contribution in [-0.2, 0) is 6.54 Å². The number of hydrogen-bond donors (Lipinski definition) is 1. The highest BCUT2D eigenvalue weighted by Gasteiger charge is 2.20. The van der Waals surface area contributed by atoms with Gasteiger partial charge in [-0.3, -0.25) is 4.79 Å². The first-order chi connectivity index (χ1) is 15.6. The Morgan fingerprint density at radius 1 is 1.09 bits per heavy atom. The van der Waals surface area contributed by atoms with Crippen molar-refractivity contribution in [3.8, 4) is 11.3 Å². The largest absolute Gasteiger partial charge is 0.335 e. The van der Waals surface area contributed by atoms with Gasteiger partial charge in [-0.1, -0.05) is 59.2 Å². The first kappa shape index (κ1) is 20.0. The van der Waals surface area contributed by atoms with Crippen LogP contribution in [0.5, 0.6) is 0 Å². The third-order valence-electron chi connectivity index (χ3n) is 5.14. The summed E-state index contributed by atoms with van der Waals surface area (Å²) in [5, 5.41) is 12.6. The van der Waals surface area contributed by atoms with Gasteiger partial charge in [0.1, 0.15) is 5.82 Å². The molecule has 0 aliphatic heterocycles. The van der Waals surface area contributed by atoms with Gasteiger partial charge in [0.15, 0.2) is 0 Å². The number of fused-ring (bicyclic) bond motifs is 1. The van der Waals surface area contributed by atoms with Gasteiger partial charge in [0, 0.05) is 16.7 Å². The summed E-state index contributed by atoms with van der Waals surface area (Å²) in [6.45, 7) is 2.28. The van der Waals surface area contributed by atoms with E-state index in [0.717, 1.165) is 11.1 Å². The van der Waals surface area contributed by atoms with E-state index in [-0.39, 0.29) is 5.91 Å². The van der Waals surface area contributed by atoms with E-state index >= 15 is 0 Å². The lowest BCUT2D eigenvalue weighted by molar-refractivity contribution is 0.102. The number of nitrogens with one attached hydrogen (secondary N) is 1. The summed E-state index contributed by atoms with van der Waals surface area (Å²) in [4.78, 5) is 17.9. The van der Waals surface area contributed by atoms with E-state index in [9.17, 15) is 4.79 Å². The monoisotopic (exact) mass is 443 g/mol. The van der Waals surface area contributed by atoms with Crippen LogP contribution in [-0.4, -0.2) is 25.8 Å². The summed E-state index contributed by atoms with van der Waals surface area (Å²) in [5.41, 5.74) is 3.89. The molecule has 5 aromatic rings. The molecule has 0 atom stereocenters. The van der Waals surface area contributed by atoms with Crippen molar-refractivity contribution in [2.75, 3.05) is 5.32 Å². The molecule has 7 nitrogen and oxygen atoms in total. The smallest absolute Gasteiger partial charge is 0.259 e. The van der Waals surface area contributed by atoms with Gasteiger partial charge >= 0.3 is 0 Å². The Balaban J connectivity index is 1.49. The van der Waals surface area contributed by atoms with Gasteiger partial charge < -0.3 is 9.84 Å². The first-order valence-electron chi connectivity index (χ1n) is 9.98. The summed E-state index contributed by atoms with van der Waals surface area (Å²) in [6, 6.07) is 20.6. The standard InChI is InChI=1S/C24H18ClN5O2/c1-15-22-19(13-20(27-24(22)32-29-15)17-5-3-2-4-6-17)23(31)28-21-11-12-26-30(21)14-16-7-9-18(25)10-8-16/h2-13H,14H2,1H3,(H,28,31). The molecule has 0 bridgehead atoms. The molecule has 32 heavy (non-hydrogen) atoms. The second-order valence-corrected chi connectivity index (χ2v) is 7.76. The van der Waals surface area contributed by atoms with Gasteiger partial charge in [0.2, 0.25) is 0 Å². The van der Waals surface area contributed by atoms with E-state index in [4.69, 9.17) is 16.1 Å². The van der Waals surface area contributed by atoms with E-state index in [1.807, 2.05) is 54.6 Å². The summed E-state index contributed by atoms with van der Waals surface area (Å²) in [6.07, 6.45) is 1.65. The maximum atomic E-state index is 13.3. The number of carbonyl (C=O) groups excluding carboxylic acids is 1. The molecule has 0 saturated carbocycles. The lowest BCUT2D eigenvalue weighted by atomic mass is 10.1. The molecule has 3 aromatic heterocycles. The zero-order valence-electron chi connectivity index (χ0n) is 17.1. The Kier molecular flexibility index (Phi) is 5.17. The number of hydrogen-bond acceptors (Lipinski definition) is 5. The molecule has 0 radical (unpaired) electrons. The third-order valence-corrected chi connectivity index (χ3v) is 5.39. The SMILES string of the molecule is Cc1noc2nc(-c3ccccc3)cc(C(=O)Nc3ccnn3Cc3ccc(Cl)cc3)c12. The minimum atomic E-state index is -0.293. The number of rotatable bonds is 5. The van der Waals surface area contributed by atoms with E-state index in [1.54, 1.807) is 29.9 Å². The number of nitrogens with zero attached hydrogens (tertiary/aromatic N) is 4. The predicted molar refractivity (Wildman–Crippen MR) is 123 cm³/mol. The molecule has 5 rings (SSSR count). The van der Waals surface area contributed by atoms with Gasteiger partial charge in [-0.05, 0) is 30.7 Å². The lowest BCUT2D eigenvalue weighted by Crippen LogP contribution is -2.17. The lowest BCUT2D eigenvalue weighted by Gasteiger charge is -2.11. The molecular formula is C24H18ClN5O2. The Morgan fingerprint density at radius 2 is 1.88 bits per heavy atom. The molecule has 0 aliphatic rings. The van der Waals surface area contributed by atoms with E-state index in [0.29, 0.717) is 45.4 Å². The van der Waals surface area contributed by atoms with Gasteiger partial charge in [-0.25, -0.2) is 9.67 Å². The van der Waals surface area contributed by atoms with Gasteiger partial charge in [0.25, 0.3) is 11.6 Å². The van der Waals surface area contributed by atoms with Crippen LogP contribution in [0.15, 0.2) is 77.4 Å². The highest BCUT2D eigenvalue weighted by atomic mass is 35.5. The molecule has 0 unspecified atom stereocenters. The summed E-state index contributed by atoms with van der Waals surface area (Å²) in [7, 11) is 0. The highest BCUT2D eigenvalue weighted by molar-refractivity contribution is 6.30. The fraction of sp³-hybridized carbons (Fsp3) is 0.0833. The maximum absolute atomic E-state index is 13.3. The van der Waals surface area contributed by atoms with Gasteiger partial charge in [-0.2, -0.15) is 5.10 Å². The van der Waals surface area contributed by atoms with Crippen molar-refractivity contribution in [2.24, 2.45) is 0 Å². The minimum Gasteiger partial charge on any atom is -0.335 e. The van der Waals surface area contributed by atoms with Crippen LogP contribution in [0.1, 0.15) is 21.6 Å². The molecule has 1 amide bonds. The number of benzene rings is 2. The number of carbonyl (C=O) groups is 1. The van der Waals surface area contributed by atoms with Crippen LogP contribution >= 0.6 is 11.6 Å². The number of anilines is 1. The second kappa shape index (κ2) is 8.28. The topological polar surface area (TPSA) is 85.8 Å². The molecule has 158 valence electrons. The molecule has 0 aliphatic carbocycles. The Morgan fingerprint density at radius 3 is 2.66 bits per heavy atom. The van der Waals surface area contributed by atoms with E-state index < -0.39 is 0 Å². The molecule has 0 saturated heterocycles. The van der Waals surface area contributed by atoms with Crippen LogP contribution in [0.25, 0.3) is 22.4 Å². The number of aromatic nitrogens is 4. The first-order valence-corrected chi connectivity index (χ1v) is 10.4. The van der Waals surface area contributed by atoms with Crippen LogP contribution in [0.2, 0.25) is 5.02 Å². The van der Waals surface area contributed by atoms with Crippen molar-refractivity contribution in [1.29, 1.82) is 0 Å². The zero-order chi connectivity index (χ0) is 22.1. The molecule has 3 heterocycles. The number of halogens is 1. The van der Waals surface area contributed by atoms with Crippen molar-refractivity contribution < 1.29 is 9.32 Å². The second-order valence-electron chi connectivity index (χ2n) is 7.32. The zero-order valence-corrected chi connectivity index (χ0v) is 17.9. The van der Waals surface area contributed by atoms with E-state index in [1.165, 1.54) is 0 Å². The normalized spacial score (nSPS) is 11.1. The number of amides is 1. The summed E-state index contributed by atoms with van der Waals surface area (Å²) >= 11 is 5.97. The molecule has 0 spiro atoms. The van der Waals surface area contributed by atoms with Crippen LogP contribution in [0.3, 0.4) is 0 Å². The summed E-state index contributed by atoms with van der Waals surface area (Å²) < 4.78 is 7.10. The third kappa shape index (κ3) is 3.86. The Bertz CT molecular complexity index is 1410. The predicted octanol–water partition coefficient (Wildman–Crippen LogP) is 5.35. The maximum Gasteiger partial charge on any atom is 0.259 e. The molecular weight excluding hydrogens is 426 g/mol. The molecule has 0 fully saturated rings. The Hall–Kier alpha value is -3.97. The molecule has 1 N–H and O–H groups in total. The fourth-order valence-electron chi connectivity index (χ4n) is 3.54. The van der Waals surface area contributed by atoms with Crippen molar-refractivity contribution in [2.45, 2.75) is 13.5 Å². The summed E-state index contributed by atoms with van der Waals surface area (Å²) in [5.74, 6) is 0.281. The minimum absolute atomic E-state index is 0.293. The average molecular weight is 444 g/mol. The highest BCUT2D eigenvalue weighted by Crippen LogP contribution is 2.27. The van der Waals surface area contributed by atoms with Crippen LogP contribution < -0.4 is 5.32 Å². The Labute approximate surface area is 188 Å². The van der Waals surface area contributed by atoms with Gasteiger partial charge in [-0.15, -0.1) is 0 Å². The van der Waals surface area contributed by atoms with Crippen molar-refractivity contribution >= 4 is 34.4 Å².